The predicted molar refractivity (Wildman–Crippen MR) is 203 cm³/mol. The molecule has 0 aliphatic carbocycles. The van der Waals surface area contributed by atoms with Crippen LogP contribution in [-0.2, 0) is 0 Å². The first-order chi connectivity index (χ1) is 24.8. The van der Waals surface area contributed by atoms with Gasteiger partial charge in [0.15, 0.2) is 11.6 Å². The van der Waals surface area contributed by atoms with Crippen molar-refractivity contribution in [1.29, 1.82) is 0 Å². The molecular formula is C45H28N4O. The first kappa shape index (κ1) is 28.2. The standard InChI is InChI=1S/C45H28N4O/c1-4-13-29(14-5-1)32-24-26-40-38(27-32)35-19-10-11-22-39(35)49(40)45-47-43(31-17-8-3-9-18-31)46-44(48-45)33-23-25-36-37-21-12-20-34(30-15-6-2-7-16-30)42(37)50-41(36)28-33/h1-28H. The van der Waals surface area contributed by atoms with E-state index in [0.717, 1.165) is 71.6 Å². The molecule has 0 fully saturated rings. The van der Waals surface area contributed by atoms with Crippen LogP contribution in [0.2, 0.25) is 0 Å². The Balaban J connectivity index is 1.19. The van der Waals surface area contributed by atoms with Crippen LogP contribution in [0.5, 0.6) is 0 Å². The van der Waals surface area contributed by atoms with Crippen molar-refractivity contribution in [1.82, 2.24) is 19.5 Å². The molecule has 0 atom stereocenters. The van der Waals surface area contributed by atoms with Crippen LogP contribution in [0.4, 0.5) is 0 Å². The van der Waals surface area contributed by atoms with E-state index in [2.05, 4.69) is 132 Å². The number of furan rings is 1. The van der Waals surface area contributed by atoms with Gasteiger partial charge in [0.1, 0.15) is 11.2 Å². The molecule has 0 aliphatic heterocycles. The van der Waals surface area contributed by atoms with Crippen molar-refractivity contribution in [3.63, 3.8) is 0 Å². The molecule has 3 aromatic heterocycles. The average Bonchev–Trinajstić information content (AvgIpc) is 3.74. The zero-order valence-corrected chi connectivity index (χ0v) is 26.9. The first-order valence-corrected chi connectivity index (χ1v) is 16.7. The number of nitrogens with zero attached hydrogens (tertiary/aromatic N) is 4. The molecule has 3 heterocycles. The van der Waals surface area contributed by atoms with Gasteiger partial charge in [-0.15, -0.1) is 0 Å². The third-order valence-corrected chi connectivity index (χ3v) is 9.48. The quantitative estimate of drug-likeness (QED) is 0.188. The van der Waals surface area contributed by atoms with Crippen LogP contribution in [0, 0.1) is 0 Å². The third kappa shape index (κ3) is 4.60. The molecule has 0 saturated heterocycles. The van der Waals surface area contributed by atoms with Gasteiger partial charge in [0.2, 0.25) is 5.95 Å². The number of aromatic nitrogens is 4. The lowest BCUT2D eigenvalue weighted by Gasteiger charge is -2.11. The van der Waals surface area contributed by atoms with Gasteiger partial charge in [0.05, 0.1) is 11.0 Å². The molecule has 0 amide bonds. The highest BCUT2D eigenvalue weighted by atomic mass is 16.3. The zero-order valence-electron chi connectivity index (χ0n) is 26.9. The first-order valence-electron chi connectivity index (χ1n) is 16.7. The number of para-hydroxylation sites is 2. The summed E-state index contributed by atoms with van der Waals surface area (Å²) in [6, 6.07) is 58.6. The van der Waals surface area contributed by atoms with Crippen molar-refractivity contribution >= 4 is 43.7 Å². The fourth-order valence-electron chi connectivity index (χ4n) is 7.09. The predicted octanol–water partition coefficient (Wildman–Crippen LogP) is 11.5. The smallest absolute Gasteiger partial charge is 0.238 e. The van der Waals surface area contributed by atoms with Crippen LogP contribution in [0.3, 0.4) is 0 Å². The molecule has 0 N–H and O–H groups in total. The lowest BCUT2D eigenvalue weighted by molar-refractivity contribution is 0.670. The summed E-state index contributed by atoms with van der Waals surface area (Å²) < 4.78 is 8.76. The van der Waals surface area contributed by atoms with Crippen LogP contribution in [0.1, 0.15) is 0 Å². The van der Waals surface area contributed by atoms with E-state index in [-0.39, 0.29) is 0 Å². The normalized spacial score (nSPS) is 11.6. The van der Waals surface area contributed by atoms with E-state index in [0.29, 0.717) is 17.6 Å². The summed E-state index contributed by atoms with van der Waals surface area (Å²) in [4.78, 5) is 15.3. The number of rotatable bonds is 5. The van der Waals surface area contributed by atoms with E-state index in [1.807, 2.05) is 42.5 Å². The van der Waals surface area contributed by atoms with E-state index in [1.165, 1.54) is 5.56 Å². The van der Waals surface area contributed by atoms with Crippen molar-refractivity contribution < 1.29 is 4.42 Å². The van der Waals surface area contributed by atoms with E-state index in [9.17, 15) is 0 Å². The number of benzene rings is 7. The Kier molecular flexibility index (Phi) is 6.42. The number of hydrogen-bond donors (Lipinski definition) is 0. The topological polar surface area (TPSA) is 56.7 Å². The summed E-state index contributed by atoms with van der Waals surface area (Å²) in [6.45, 7) is 0. The van der Waals surface area contributed by atoms with Gasteiger partial charge >= 0.3 is 0 Å². The summed E-state index contributed by atoms with van der Waals surface area (Å²) in [7, 11) is 0. The molecule has 7 aromatic carbocycles. The Bertz CT molecular complexity index is 2860. The Morgan fingerprint density at radius 1 is 0.380 bits per heavy atom. The average molecular weight is 641 g/mol. The summed E-state index contributed by atoms with van der Waals surface area (Å²) in [5, 5.41) is 4.41. The van der Waals surface area contributed by atoms with Crippen molar-refractivity contribution in [2.45, 2.75) is 0 Å². The second-order valence-electron chi connectivity index (χ2n) is 12.5. The molecule has 10 aromatic rings. The maximum atomic E-state index is 6.60. The van der Waals surface area contributed by atoms with Crippen LogP contribution < -0.4 is 0 Å². The van der Waals surface area contributed by atoms with E-state index in [1.54, 1.807) is 0 Å². The molecule has 0 aliphatic rings. The van der Waals surface area contributed by atoms with Crippen molar-refractivity contribution in [2.24, 2.45) is 0 Å². The Hall–Kier alpha value is -6.85. The Morgan fingerprint density at radius 2 is 1.00 bits per heavy atom. The van der Waals surface area contributed by atoms with Crippen LogP contribution in [0.25, 0.3) is 94.7 Å². The fraction of sp³-hybridized carbons (Fsp3) is 0. The molecule has 234 valence electrons. The molecule has 0 bridgehead atoms. The van der Waals surface area contributed by atoms with Gasteiger partial charge in [-0.05, 0) is 47.0 Å². The van der Waals surface area contributed by atoms with Crippen LogP contribution in [0.15, 0.2) is 174 Å². The maximum Gasteiger partial charge on any atom is 0.238 e. The summed E-state index contributed by atoms with van der Waals surface area (Å²) in [5.74, 6) is 1.74. The molecule has 5 heteroatoms. The highest BCUT2D eigenvalue weighted by Crippen LogP contribution is 2.38. The van der Waals surface area contributed by atoms with E-state index in [4.69, 9.17) is 19.4 Å². The SMILES string of the molecule is c1ccc(-c2ccc3c(c2)c2ccccc2n3-c2nc(-c3ccccc3)nc(-c3ccc4c(c3)oc3c(-c5ccccc5)cccc34)n2)cc1. The number of hydrogen-bond acceptors (Lipinski definition) is 4. The van der Waals surface area contributed by atoms with Gasteiger partial charge in [-0.1, -0.05) is 140 Å². The second-order valence-corrected chi connectivity index (χ2v) is 12.5. The van der Waals surface area contributed by atoms with Gasteiger partial charge in [-0.25, -0.2) is 4.98 Å². The fourth-order valence-corrected chi connectivity index (χ4v) is 7.09. The lowest BCUT2D eigenvalue weighted by atomic mass is 10.0. The van der Waals surface area contributed by atoms with Crippen molar-refractivity contribution in [2.75, 3.05) is 0 Å². The lowest BCUT2D eigenvalue weighted by Crippen LogP contribution is -2.06. The molecule has 0 spiro atoms. The van der Waals surface area contributed by atoms with Crippen LogP contribution in [-0.4, -0.2) is 19.5 Å². The molecular weight excluding hydrogens is 613 g/mol. The van der Waals surface area contributed by atoms with Crippen molar-refractivity contribution in [3.05, 3.63) is 170 Å². The molecule has 50 heavy (non-hydrogen) atoms. The third-order valence-electron chi connectivity index (χ3n) is 9.48. The van der Waals surface area contributed by atoms with Gasteiger partial charge in [-0.3, -0.25) is 4.57 Å². The van der Waals surface area contributed by atoms with Crippen LogP contribution >= 0.6 is 0 Å². The van der Waals surface area contributed by atoms with Gasteiger partial charge in [-0.2, -0.15) is 9.97 Å². The molecule has 5 nitrogen and oxygen atoms in total. The minimum atomic E-state index is 0.559. The second kappa shape index (κ2) is 11.4. The minimum Gasteiger partial charge on any atom is -0.455 e. The Morgan fingerprint density at radius 3 is 1.78 bits per heavy atom. The largest absolute Gasteiger partial charge is 0.455 e. The Labute approximate surface area is 287 Å². The zero-order chi connectivity index (χ0) is 33.0. The maximum absolute atomic E-state index is 6.60. The minimum absolute atomic E-state index is 0.559. The summed E-state index contributed by atoms with van der Waals surface area (Å²) >= 11 is 0. The van der Waals surface area contributed by atoms with Gasteiger partial charge in [0, 0.05) is 38.2 Å². The van der Waals surface area contributed by atoms with Crippen molar-refractivity contribution in [3.8, 4) is 51.0 Å². The highest BCUT2D eigenvalue weighted by molar-refractivity contribution is 6.11. The molecule has 0 saturated carbocycles. The summed E-state index contributed by atoms with van der Waals surface area (Å²) in [6.07, 6.45) is 0. The molecule has 0 unspecified atom stereocenters. The monoisotopic (exact) mass is 640 g/mol. The van der Waals surface area contributed by atoms with Gasteiger partial charge in [0.25, 0.3) is 0 Å². The van der Waals surface area contributed by atoms with Gasteiger partial charge < -0.3 is 4.42 Å². The van der Waals surface area contributed by atoms with E-state index >= 15 is 0 Å². The summed E-state index contributed by atoms with van der Waals surface area (Å²) in [5.41, 5.74) is 10.0. The number of fused-ring (bicyclic) bond motifs is 6. The highest BCUT2D eigenvalue weighted by Gasteiger charge is 2.19. The molecule has 0 radical (unpaired) electrons. The molecule has 10 rings (SSSR count). The van der Waals surface area contributed by atoms with E-state index < -0.39 is 0 Å².